The second kappa shape index (κ2) is 7.34. The number of hydrogen-bond donors (Lipinski definition) is 2. The fraction of sp³-hybridized carbons (Fsp3) is 0.458. The van der Waals surface area contributed by atoms with Gasteiger partial charge in [0.05, 0.1) is 35.3 Å². The van der Waals surface area contributed by atoms with E-state index in [0.29, 0.717) is 24.4 Å². The summed E-state index contributed by atoms with van der Waals surface area (Å²) >= 11 is 0. The van der Waals surface area contributed by atoms with Gasteiger partial charge in [-0.15, -0.1) is 0 Å². The number of hydrogen-bond acceptors (Lipinski definition) is 5. The maximum atomic E-state index is 13.7. The number of carbonyl (C=O) groups excluding carboxylic acids is 1. The highest BCUT2D eigenvalue weighted by Crippen LogP contribution is 2.40. The molecule has 0 spiro atoms. The van der Waals surface area contributed by atoms with Crippen LogP contribution in [0.15, 0.2) is 24.5 Å². The van der Waals surface area contributed by atoms with E-state index >= 15 is 0 Å². The van der Waals surface area contributed by atoms with Crippen LogP contribution in [0.1, 0.15) is 48.8 Å². The van der Waals surface area contributed by atoms with Crippen LogP contribution in [0.25, 0.3) is 21.9 Å². The molecule has 2 fully saturated rings. The molecule has 172 valence electrons. The second-order valence-corrected chi connectivity index (χ2v) is 9.29. The number of fused-ring (bicyclic) bond motifs is 3. The topological polar surface area (TPSA) is 93.1 Å². The lowest BCUT2D eigenvalue weighted by atomic mass is 10.1. The van der Waals surface area contributed by atoms with E-state index < -0.39 is 0 Å². The third kappa shape index (κ3) is 3.21. The summed E-state index contributed by atoms with van der Waals surface area (Å²) < 4.78 is 5.80. The Morgan fingerprint density at radius 2 is 1.91 bits per heavy atom. The zero-order valence-electron chi connectivity index (χ0n) is 19.2. The maximum absolute atomic E-state index is 13.7. The molecule has 0 radical (unpaired) electrons. The fourth-order valence-corrected chi connectivity index (χ4v) is 4.99. The first-order valence-electron chi connectivity index (χ1n) is 11.7. The van der Waals surface area contributed by atoms with Crippen molar-refractivity contribution >= 4 is 39.3 Å². The van der Waals surface area contributed by atoms with Gasteiger partial charge >= 0.3 is 0 Å². The summed E-state index contributed by atoms with van der Waals surface area (Å²) in [7, 11) is 3.79. The molecule has 1 aromatic carbocycles. The summed E-state index contributed by atoms with van der Waals surface area (Å²) in [5.41, 5.74) is 5.12. The minimum Gasteiger partial charge on any atom is -0.390 e. The van der Waals surface area contributed by atoms with E-state index in [4.69, 9.17) is 0 Å². The number of benzene rings is 1. The number of amides is 1. The minimum absolute atomic E-state index is 0.0775. The van der Waals surface area contributed by atoms with Crippen LogP contribution in [0.5, 0.6) is 0 Å². The van der Waals surface area contributed by atoms with E-state index in [1.54, 1.807) is 11.0 Å². The van der Waals surface area contributed by atoms with E-state index in [-0.39, 0.29) is 12.5 Å². The van der Waals surface area contributed by atoms with Crippen molar-refractivity contribution in [1.82, 2.24) is 28.8 Å². The molecular weight excluding hydrogens is 418 g/mol. The molecule has 1 amide bonds. The molecule has 6 rings (SSSR count). The number of aromatic nitrogens is 5. The minimum atomic E-state index is -0.0775. The highest BCUT2D eigenvalue weighted by atomic mass is 16.3. The Morgan fingerprint density at radius 3 is 2.52 bits per heavy atom. The van der Waals surface area contributed by atoms with Gasteiger partial charge in [-0.05, 0) is 44.7 Å². The van der Waals surface area contributed by atoms with E-state index in [9.17, 15) is 9.90 Å². The first kappa shape index (κ1) is 20.3. The molecule has 4 aromatic rings. The molecule has 0 saturated heterocycles. The lowest BCUT2D eigenvalue weighted by molar-refractivity contribution is 0.0719. The SMILES string of the molecule is CCn1c(C(=O)N(C2CC2)C2CC2)cc2c3c(ncn3C)c(Nc3cc(CO)n(C)n3)cc21. The van der Waals surface area contributed by atoms with Crippen LogP contribution >= 0.6 is 0 Å². The molecule has 33 heavy (non-hydrogen) atoms. The van der Waals surface area contributed by atoms with Crippen molar-refractivity contribution in [2.45, 2.75) is 57.8 Å². The van der Waals surface area contributed by atoms with Gasteiger partial charge < -0.3 is 24.5 Å². The molecule has 2 aliphatic rings. The molecule has 0 aliphatic heterocycles. The van der Waals surface area contributed by atoms with Gasteiger partial charge in [-0.3, -0.25) is 9.48 Å². The largest absolute Gasteiger partial charge is 0.390 e. The molecule has 3 heterocycles. The molecule has 0 unspecified atom stereocenters. The number of aliphatic hydroxyl groups excluding tert-OH is 1. The van der Waals surface area contributed by atoms with Gasteiger partial charge in [0, 0.05) is 44.2 Å². The van der Waals surface area contributed by atoms with Gasteiger partial charge in [-0.25, -0.2) is 4.98 Å². The molecule has 9 nitrogen and oxygen atoms in total. The third-order valence-corrected chi connectivity index (χ3v) is 6.92. The number of carbonyl (C=O) groups is 1. The van der Waals surface area contributed by atoms with Crippen molar-refractivity contribution in [2.24, 2.45) is 14.1 Å². The Labute approximate surface area is 191 Å². The molecule has 0 atom stereocenters. The van der Waals surface area contributed by atoms with Crippen LogP contribution < -0.4 is 5.32 Å². The molecule has 2 saturated carbocycles. The van der Waals surface area contributed by atoms with Gasteiger partial charge in [-0.1, -0.05) is 0 Å². The average molecular weight is 448 g/mol. The van der Waals surface area contributed by atoms with Crippen LogP contribution in [0.2, 0.25) is 0 Å². The van der Waals surface area contributed by atoms with Crippen molar-refractivity contribution in [3.63, 3.8) is 0 Å². The van der Waals surface area contributed by atoms with Crippen molar-refractivity contribution in [3.8, 4) is 0 Å². The summed E-state index contributed by atoms with van der Waals surface area (Å²) in [5, 5.41) is 18.4. The number of aliphatic hydroxyl groups is 1. The van der Waals surface area contributed by atoms with Crippen LogP contribution in [-0.4, -0.2) is 51.9 Å². The van der Waals surface area contributed by atoms with Gasteiger partial charge in [0.2, 0.25) is 0 Å². The Kier molecular flexibility index (Phi) is 4.52. The van der Waals surface area contributed by atoms with E-state index in [1.807, 2.05) is 24.7 Å². The quantitative estimate of drug-likeness (QED) is 0.454. The smallest absolute Gasteiger partial charge is 0.271 e. The lowest BCUT2D eigenvalue weighted by Gasteiger charge is -2.22. The summed E-state index contributed by atoms with van der Waals surface area (Å²) in [6.07, 6.45) is 6.28. The first-order valence-corrected chi connectivity index (χ1v) is 11.7. The molecular formula is C24H29N7O2. The number of imidazole rings is 1. The number of aryl methyl sites for hydroxylation is 3. The normalized spacial score (nSPS) is 16.1. The maximum Gasteiger partial charge on any atom is 0.271 e. The van der Waals surface area contributed by atoms with Gasteiger partial charge in [-0.2, -0.15) is 5.10 Å². The predicted octanol–water partition coefficient (Wildman–Crippen LogP) is 3.28. The van der Waals surface area contributed by atoms with E-state index in [1.165, 1.54) is 0 Å². The summed E-state index contributed by atoms with van der Waals surface area (Å²) in [5.74, 6) is 0.799. The molecule has 0 bridgehead atoms. The molecule has 2 aliphatic carbocycles. The van der Waals surface area contributed by atoms with Crippen molar-refractivity contribution in [3.05, 3.63) is 35.9 Å². The van der Waals surface area contributed by atoms with Gasteiger partial charge in [0.15, 0.2) is 5.82 Å². The van der Waals surface area contributed by atoms with Gasteiger partial charge in [0.25, 0.3) is 5.91 Å². The number of nitrogens with zero attached hydrogens (tertiary/aromatic N) is 6. The number of anilines is 2. The van der Waals surface area contributed by atoms with Crippen LogP contribution in [0.3, 0.4) is 0 Å². The van der Waals surface area contributed by atoms with Crippen molar-refractivity contribution in [2.75, 3.05) is 5.32 Å². The van der Waals surface area contributed by atoms with E-state index in [2.05, 4.69) is 43.9 Å². The lowest BCUT2D eigenvalue weighted by Crippen LogP contribution is -2.36. The van der Waals surface area contributed by atoms with Crippen molar-refractivity contribution in [1.29, 1.82) is 0 Å². The molecule has 2 N–H and O–H groups in total. The molecule has 3 aromatic heterocycles. The zero-order valence-corrected chi connectivity index (χ0v) is 19.2. The predicted molar refractivity (Wildman–Crippen MR) is 127 cm³/mol. The second-order valence-electron chi connectivity index (χ2n) is 9.29. The highest BCUT2D eigenvalue weighted by Gasteiger charge is 2.43. The highest BCUT2D eigenvalue weighted by molar-refractivity contribution is 6.12. The van der Waals surface area contributed by atoms with Gasteiger partial charge in [0.1, 0.15) is 11.2 Å². The van der Waals surface area contributed by atoms with E-state index in [0.717, 1.165) is 64.7 Å². The Bertz CT molecular complexity index is 1380. The van der Waals surface area contributed by atoms with Crippen LogP contribution in [-0.2, 0) is 27.2 Å². The molecule has 9 heteroatoms. The third-order valence-electron chi connectivity index (χ3n) is 6.92. The number of rotatable bonds is 7. The average Bonchev–Trinajstić information content (AvgIpc) is 3.71. The monoisotopic (exact) mass is 447 g/mol. The summed E-state index contributed by atoms with van der Waals surface area (Å²) in [6.45, 7) is 2.71. The standard InChI is InChI=1S/C24H29N7O2/c1-4-30-19-11-18(26-21-9-16(12-32)29(3)27-21)22-23(28(2)13-25-22)17(19)10-20(30)24(33)31(14-5-6-14)15-7-8-15/h9-11,13-15,32H,4-8,12H2,1-3H3,(H,26,27). The first-order chi connectivity index (χ1) is 16.0. The Balaban J connectivity index is 1.50. The zero-order chi connectivity index (χ0) is 22.9. The number of nitrogens with one attached hydrogen (secondary N) is 1. The van der Waals surface area contributed by atoms with Crippen LogP contribution in [0.4, 0.5) is 11.5 Å². The Hall–Kier alpha value is -3.33. The van der Waals surface area contributed by atoms with Crippen LogP contribution in [0, 0.1) is 0 Å². The fourth-order valence-electron chi connectivity index (χ4n) is 4.99. The Morgan fingerprint density at radius 1 is 1.18 bits per heavy atom. The summed E-state index contributed by atoms with van der Waals surface area (Å²) in [4.78, 5) is 20.5. The summed E-state index contributed by atoms with van der Waals surface area (Å²) in [6, 6.07) is 6.77. The van der Waals surface area contributed by atoms with Crippen molar-refractivity contribution < 1.29 is 9.90 Å².